The number of hydrogen-bond donors (Lipinski definition) is 0. The standard InChI is InChI=1S/C17H25FN2O/c1-19(2)12-14-7-9-20(10-8-14)13-16(21)11-15-5-3-4-6-17(15)18/h3-6,14H,7-13H2,1-2H3. The van der Waals surface area contributed by atoms with Crippen molar-refractivity contribution in [2.45, 2.75) is 19.3 Å². The van der Waals surface area contributed by atoms with E-state index in [1.165, 1.54) is 6.07 Å². The van der Waals surface area contributed by atoms with Crippen molar-refractivity contribution in [2.24, 2.45) is 5.92 Å². The number of benzene rings is 1. The van der Waals surface area contributed by atoms with Crippen molar-refractivity contribution in [2.75, 3.05) is 40.3 Å². The lowest BCUT2D eigenvalue weighted by atomic mass is 9.96. The molecule has 1 aromatic carbocycles. The number of rotatable bonds is 6. The molecule has 2 rings (SSSR count). The zero-order valence-corrected chi connectivity index (χ0v) is 13.0. The number of ketones is 1. The zero-order chi connectivity index (χ0) is 15.2. The van der Waals surface area contributed by atoms with E-state index in [-0.39, 0.29) is 18.0 Å². The molecular formula is C17H25FN2O. The summed E-state index contributed by atoms with van der Waals surface area (Å²) >= 11 is 0. The molecule has 21 heavy (non-hydrogen) atoms. The summed E-state index contributed by atoms with van der Waals surface area (Å²) in [4.78, 5) is 16.5. The van der Waals surface area contributed by atoms with Crippen LogP contribution in [0.1, 0.15) is 18.4 Å². The number of hydrogen-bond acceptors (Lipinski definition) is 3. The Kier molecular flexibility index (Phi) is 5.88. The highest BCUT2D eigenvalue weighted by Gasteiger charge is 2.21. The third-order valence-corrected chi connectivity index (χ3v) is 4.08. The van der Waals surface area contributed by atoms with E-state index in [0.717, 1.165) is 38.4 Å². The Bertz CT molecular complexity index is 468. The first-order valence-corrected chi connectivity index (χ1v) is 7.67. The van der Waals surface area contributed by atoms with Gasteiger partial charge in [-0.25, -0.2) is 4.39 Å². The first-order valence-electron chi connectivity index (χ1n) is 7.67. The predicted octanol–water partition coefficient (Wildman–Crippen LogP) is 2.21. The Labute approximate surface area is 126 Å². The Morgan fingerprint density at radius 2 is 1.95 bits per heavy atom. The molecule has 1 saturated heterocycles. The zero-order valence-electron chi connectivity index (χ0n) is 13.0. The minimum Gasteiger partial charge on any atom is -0.309 e. The second-order valence-corrected chi connectivity index (χ2v) is 6.29. The van der Waals surface area contributed by atoms with Crippen LogP contribution >= 0.6 is 0 Å². The largest absolute Gasteiger partial charge is 0.309 e. The Morgan fingerprint density at radius 3 is 2.57 bits per heavy atom. The van der Waals surface area contributed by atoms with Gasteiger partial charge in [0.15, 0.2) is 5.78 Å². The summed E-state index contributed by atoms with van der Waals surface area (Å²) in [7, 11) is 4.20. The van der Waals surface area contributed by atoms with E-state index in [2.05, 4.69) is 23.9 Å². The van der Waals surface area contributed by atoms with Crippen molar-refractivity contribution >= 4 is 5.78 Å². The number of Topliss-reactive ketones (excluding diaryl/α,β-unsaturated/α-hetero) is 1. The van der Waals surface area contributed by atoms with Crippen molar-refractivity contribution in [3.05, 3.63) is 35.6 Å². The van der Waals surface area contributed by atoms with E-state index < -0.39 is 0 Å². The third-order valence-electron chi connectivity index (χ3n) is 4.08. The van der Waals surface area contributed by atoms with Gasteiger partial charge in [0.05, 0.1) is 6.54 Å². The lowest BCUT2D eigenvalue weighted by Gasteiger charge is -2.32. The Balaban J connectivity index is 1.76. The van der Waals surface area contributed by atoms with Crippen molar-refractivity contribution in [3.63, 3.8) is 0 Å². The van der Waals surface area contributed by atoms with Gasteiger partial charge in [-0.1, -0.05) is 18.2 Å². The molecule has 3 nitrogen and oxygen atoms in total. The van der Waals surface area contributed by atoms with Crippen molar-refractivity contribution < 1.29 is 9.18 Å². The first-order chi connectivity index (χ1) is 10.0. The van der Waals surface area contributed by atoms with Crippen LogP contribution in [0.3, 0.4) is 0 Å². The monoisotopic (exact) mass is 292 g/mol. The molecule has 0 radical (unpaired) electrons. The van der Waals surface area contributed by atoms with E-state index in [1.807, 2.05) is 0 Å². The number of carbonyl (C=O) groups excluding carboxylic acids is 1. The smallest absolute Gasteiger partial charge is 0.151 e. The van der Waals surface area contributed by atoms with Gasteiger partial charge in [0.2, 0.25) is 0 Å². The van der Waals surface area contributed by atoms with Crippen LogP contribution in [0.25, 0.3) is 0 Å². The quantitative estimate of drug-likeness (QED) is 0.803. The first kappa shape index (κ1) is 16.1. The minimum atomic E-state index is -0.282. The number of carbonyl (C=O) groups is 1. The van der Waals surface area contributed by atoms with E-state index >= 15 is 0 Å². The molecule has 116 valence electrons. The molecule has 1 aliphatic heterocycles. The molecule has 0 N–H and O–H groups in total. The van der Waals surface area contributed by atoms with Gasteiger partial charge in [0, 0.05) is 13.0 Å². The topological polar surface area (TPSA) is 23.6 Å². The van der Waals surface area contributed by atoms with Crippen molar-refractivity contribution in [3.8, 4) is 0 Å². The summed E-state index contributed by atoms with van der Waals surface area (Å²) in [6, 6.07) is 6.53. The van der Waals surface area contributed by atoms with Crippen LogP contribution < -0.4 is 0 Å². The van der Waals surface area contributed by atoms with Crippen LogP contribution in [0.2, 0.25) is 0 Å². The molecule has 0 aliphatic carbocycles. The Hall–Kier alpha value is -1.26. The van der Waals surface area contributed by atoms with Crippen molar-refractivity contribution in [1.82, 2.24) is 9.80 Å². The summed E-state index contributed by atoms with van der Waals surface area (Å²) in [5.41, 5.74) is 0.505. The van der Waals surface area contributed by atoms with Crippen LogP contribution in [-0.4, -0.2) is 55.9 Å². The SMILES string of the molecule is CN(C)CC1CCN(CC(=O)Cc2ccccc2F)CC1. The minimum absolute atomic E-state index is 0.103. The fourth-order valence-corrected chi connectivity index (χ4v) is 3.00. The van der Waals surface area contributed by atoms with E-state index in [4.69, 9.17) is 0 Å². The predicted molar refractivity (Wildman–Crippen MR) is 82.8 cm³/mol. The van der Waals surface area contributed by atoms with Gasteiger partial charge < -0.3 is 4.90 Å². The molecule has 1 aromatic rings. The van der Waals surface area contributed by atoms with Gasteiger partial charge in [0.25, 0.3) is 0 Å². The van der Waals surface area contributed by atoms with Gasteiger partial charge in [-0.3, -0.25) is 9.69 Å². The fraction of sp³-hybridized carbons (Fsp3) is 0.588. The maximum absolute atomic E-state index is 13.5. The van der Waals surface area contributed by atoms with Crippen LogP contribution in [-0.2, 0) is 11.2 Å². The summed E-state index contributed by atoms with van der Waals surface area (Å²) in [5, 5.41) is 0. The highest BCUT2D eigenvalue weighted by Crippen LogP contribution is 2.18. The van der Waals surface area contributed by atoms with Crippen LogP contribution in [0.5, 0.6) is 0 Å². The molecule has 0 bridgehead atoms. The van der Waals surface area contributed by atoms with E-state index in [0.29, 0.717) is 12.1 Å². The van der Waals surface area contributed by atoms with Crippen molar-refractivity contribution in [1.29, 1.82) is 0 Å². The van der Waals surface area contributed by atoms with Gasteiger partial charge in [-0.05, 0) is 57.6 Å². The van der Waals surface area contributed by atoms with E-state index in [1.54, 1.807) is 18.2 Å². The van der Waals surface area contributed by atoms with Gasteiger partial charge in [-0.2, -0.15) is 0 Å². The molecule has 0 amide bonds. The van der Waals surface area contributed by atoms with E-state index in [9.17, 15) is 9.18 Å². The molecule has 0 unspecified atom stereocenters. The molecule has 0 saturated carbocycles. The molecule has 1 aliphatic rings. The average molecular weight is 292 g/mol. The molecule has 1 heterocycles. The normalized spacial score (nSPS) is 17.3. The number of nitrogens with zero attached hydrogens (tertiary/aromatic N) is 2. The van der Waals surface area contributed by atoms with Gasteiger partial charge in [0.1, 0.15) is 5.82 Å². The lowest BCUT2D eigenvalue weighted by molar-refractivity contribution is -0.120. The van der Waals surface area contributed by atoms with Gasteiger partial charge >= 0.3 is 0 Å². The second kappa shape index (κ2) is 7.66. The average Bonchev–Trinajstić information content (AvgIpc) is 2.43. The number of likely N-dealkylation sites (tertiary alicyclic amines) is 1. The molecule has 0 spiro atoms. The summed E-state index contributed by atoms with van der Waals surface area (Å²) in [6.07, 6.45) is 2.49. The fourth-order valence-electron chi connectivity index (χ4n) is 3.00. The van der Waals surface area contributed by atoms with Crippen LogP contribution in [0.4, 0.5) is 4.39 Å². The number of halogens is 1. The van der Waals surface area contributed by atoms with Gasteiger partial charge in [-0.15, -0.1) is 0 Å². The highest BCUT2D eigenvalue weighted by molar-refractivity contribution is 5.82. The summed E-state index contributed by atoms with van der Waals surface area (Å²) in [6.45, 7) is 3.52. The van der Waals surface area contributed by atoms with Crippen LogP contribution in [0.15, 0.2) is 24.3 Å². The second-order valence-electron chi connectivity index (χ2n) is 6.29. The Morgan fingerprint density at radius 1 is 1.29 bits per heavy atom. The number of piperidine rings is 1. The van der Waals surface area contributed by atoms with Crippen LogP contribution in [0, 0.1) is 11.7 Å². The maximum Gasteiger partial charge on any atom is 0.151 e. The highest BCUT2D eigenvalue weighted by atomic mass is 19.1. The molecular weight excluding hydrogens is 267 g/mol. The lowest BCUT2D eigenvalue weighted by Crippen LogP contribution is -2.40. The molecule has 4 heteroatoms. The summed E-state index contributed by atoms with van der Waals surface area (Å²) in [5.74, 6) is 0.555. The summed E-state index contributed by atoms with van der Waals surface area (Å²) < 4.78 is 13.5. The molecule has 0 atom stereocenters. The molecule has 0 aromatic heterocycles. The molecule has 1 fully saturated rings. The maximum atomic E-state index is 13.5. The third kappa shape index (κ3) is 5.21.